The van der Waals surface area contributed by atoms with Crippen molar-refractivity contribution in [3.63, 3.8) is 0 Å². The number of aryl methyl sites for hydroxylation is 1. The molecule has 0 aromatic carbocycles. The zero-order chi connectivity index (χ0) is 25.8. The zero-order valence-electron chi connectivity index (χ0n) is 18.9. The molecule has 2 fully saturated rings. The van der Waals surface area contributed by atoms with E-state index in [-0.39, 0.29) is 23.8 Å². The lowest BCUT2D eigenvalue weighted by molar-refractivity contribution is -0.153. The van der Waals surface area contributed by atoms with Crippen molar-refractivity contribution in [2.75, 3.05) is 29.9 Å². The van der Waals surface area contributed by atoms with Gasteiger partial charge in [-0.3, -0.25) is 4.98 Å². The second kappa shape index (κ2) is 8.66. The lowest BCUT2D eigenvalue weighted by Crippen LogP contribution is -2.48. The standard InChI is InChI=1S/C22H21F7N6O/c1-11-6-15(14(23)7-30-11)34-8-12-2-3-13(9-34)18(12)31-20-32-19-16(36-10-21(24,25)26)4-5-17(22(27,28)29)35(19)33-20/h4-7,12-13,18H,2-3,8-10H2,1H3,(H,31,33)/t12-,13+,18-. The largest absolute Gasteiger partial charge is 0.480 e. The lowest BCUT2D eigenvalue weighted by atomic mass is 9.92. The van der Waals surface area contributed by atoms with Crippen LogP contribution in [0, 0.1) is 24.6 Å². The molecule has 3 aromatic heterocycles. The molecule has 0 amide bonds. The van der Waals surface area contributed by atoms with Crippen molar-refractivity contribution < 1.29 is 35.5 Å². The van der Waals surface area contributed by atoms with Crippen molar-refractivity contribution in [2.24, 2.45) is 11.8 Å². The topological polar surface area (TPSA) is 67.6 Å². The fourth-order valence-electron chi connectivity index (χ4n) is 5.06. The third-order valence-corrected chi connectivity index (χ3v) is 6.57. The van der Waals surface area contributed by atoms with Crippen molar-refractivity contribution in [3.05, 3.63) is 41.6 Å². The molecule has 2 aliphatic rings. The number of ether oxygens (including phenoxy) is 1. The molecule has 1 aliphatic carbocycles. The summed E-state index contributed by atoms with van der Waals surface area (Å²) in [6.07, 6.45) is -6.70. The molecule has 36 heavy (non-hydrogen) atoms. The van der Waals surface area contributed by atoms with E-state index in [9.17, 15) is 30.7 Å². The summed E-state index contributed by atoms with van der Waals surface area (Å²) in [4.78, 5) is 9.94. The number of rotatable bonds is 5. The molecule has 4 heterocycles. The summed E-state index contributed by atoms with van der Waals surface area (Å²) >= 11 is 0. The van der Waals surface area contributed by atoms with Crippen molar-refractivity contribution >= 4 is 17.3 Å². The SMILES string of the molecule is Cc1cc(N2C[C@H]3CC[C@@H](C2)[C@@H]3Nc2nc3c(OCC(F)(F)F)ccc(C(F)(F)F)n3n2)c(F)cn1. The Kier molecular flexibility index (Phi) is 5.86. The van der Waals surface area contributed by atoms with Gasteiger partial charge < -0.3 is 15.0 Å². The van der Waals surface area contributed by atoms with Gasteiger partial charge in [-0.25, -0.2) is 8.91 Å². The van der Waals surface area contributed by atoms with Gasteiger partial charge in [0.05, 0.1) is 11.9 Å². The van der Waals surface area contributed by atoms with E-state index in [2.05, 4.69) is 20.4 Å². The fraction of sp³-hybridized carbons (Fsp3) is 0.500. The number of hydrogen-bond donors (Lipinski definition) is 1. The summed E-state index contributed by atoms with van der Waals surface area (Å²) < 4.78 is 98.0. The van der Waals surface area contributed by atoms with Crippen LogP contribution >= 0.6 is 0 Å². The summed E-state index contributed by atoms with van der Waals surface area (Å²) in [6, 6.07) is 2.88. The van der Waals surface area contributed by atoms with Crippen LogP contribution in [0.5, 0.6) is 5.75 Å². The molecule has 0 spiro atoms. The third kappa shape index (κ3) is 4.72. The zero-order valence-corrected chi connectivity index (χ0v) is 18.9. The predicted molar refractivity (Wildman–Crippen MR) is 114 cm³/mol. The molecule has 1 N–H and O–H groups in total. The average Bonchev–Trinajstić information content (AvgIpc) is 3.29. The lowest BCUT2D eigenvalue weighted by Gasteiger charge is -2.39. The number of fused-ring (bicyclic) bond motifs is 3. The van der Waals surface area contributed by atoms with Crippen LogP contribution in [0.4, 0.5) is 42.4 Å². The quantitative estimate of drug-likeness (QED) is 0.487. The predicted octanol–water partition coefficient (Wildman–Crippen LogP) is 4.86. The summed E-state index contributed by atoms with van der Waals surface area (Å²) in [5.41, 5.74) is -0.545. The highest BCUT2D eigenvalue weighted by Gasteiger charge is 2.43. The number of nitrogens with zero attached hydrogens (tertiary/aromatic N) is 5. The van der Waals surface area contributed by atoms with Crippen LogP contribution in [0.1, 0.15) is 24.2 Å². The van der Waals surface area contributed by atoms with Gasteiger partial charge in [0.15, 0.2) is 23.8 Å². The molecular weight excluding hydrogens is 497 g/mol. The summed E-state index contributed by atoms with van der Waals surface area (Å²) in [5.74, 6) is -0.982. The molecule has 3 atom stereocenters. The molecule has 1 saturated carbocycles. The number of pyridine rings is 2. The average molecular weight is 518 g/mol. The molecule has 0 unspecified atom stereocenters. The van der Waals surface area contributed by atoms with E-state index < -0.39 is 41.9 Å². The molecule has 14 heteroatoms. The minimum absolute atomic E-state index is 0.0336. The Bertz CT molecular complexity index is 1260. The second-order valence-corrected chi connectivity index (χ2v) is 9.10. The molecule has 5 rings (SSSR count). The number of anilines is 2. The van der Waals surface area contributed by atoms with Crippen LogP contribution in [-0.2, 0) is 6.18 Å². The normalized spacial score (nSPS) is 22.3. The van der Waals surface area contributed by atoms with E-state index >= 15 is 0 Å². The number of halogens is 7. The first kappa shape index (κ1) is 24.4. The maximum atomic E-state index is 14.4. The number of hydrogen-bond acceptors (Lipinski definition) is 6. The van der Waals surface area contributed by atoms with Gasteiger partial charge in [0.1, 0.15) is 5.69 Å². The molecule has 1 aliphatic heterocycles. The Morgan fingerprint density at radius 2 is 1.78 bits per heavy atom. The minimum Gasteiger partial charge on any atom is -0.480 e. The van der Waals surface area contributed by atoms with Gasteiger partial charge in [-0.15, -0.1) is 5.10 Å². The minimum atomic E-state index is -4.82. The Balaban J connectivity index is 1.41. The van der Waals surface area contributed by atoms with Gasteiger partial charge in [-0.2, -0.15) is 31.3 Å². The maximum absolute atomic E-state index is 14.4. The molecule has 194 valence electrons. The van der Waals surface area contributed by atoms with Gasteiger partial charge in [-0.05, 0) is 49.8 Å². The van der Waals surface area contributed by atoms with Crippen LogP contribution < -0.4 is 15.0 Å². The van der Waals surface area contributed by atoms with Crippen LogP contribution in [0.15, 0.2) is 24.4 Å². The Hall–Kier alpha value is -3.32. The number of alkyl halides is 6. The van der Waals surface area contributed by atoms with Gasteiger partial charge in [0, 0.05) is 24.8 Å². The van der Waals surface area contributed by atoms with Crippen LogP contribution in [-0.4, -0.2) is 51.5 Å². The maximum Gasteiger partial charge on any atom is 0.433 e. The van der Waals surface area contributed by atoms with Crippen LogP contribution in [0.2, 0.25) is 0 Å². The molecule has 7 nitrogen and oxygen atoms in total. The second-order valence-electron chi connectivity index (χ2n) is 9.10. The van der Waals surface area contributed by atoms with Crippen molar-refractivity contribution in [1.29, 1.82) is 0 Å². The van der Waals surface area contributed by atoms with Crippen LogP contribution in [0.3, 0.4) is 0 Å². The first-order valence-electron chi connectivity index (χ1n) is 11.2. The summed E-state index contributed by atoms with van der Waals surface area (Å²) in [5, 5.41) is 7.00. The first-order chi connectivity index (χ1) is 16.9. The number of aromatic nitrogens is 4. The molecule has 0 radical (unpaired) electrons. The van der Waals surface area contributed by atoms with Crippen LogP contribution in [0.25, 0.3) is 5.65 Å². The highest BCUT2D eigenvalue weighted by Crippen LogP contribution is 2.41. The highest BCUT2D eigenvalue weighted by atomic mass is 19.4. The monoisotopic (exact) mass is 518 g/mol. The van der Waals surface area contributed by atoms with Gasteiger partial charge in [0.2, 0.25) is 5.95 Å². The molecule has 2 bridgehead atoms. The highest BCUT2D eigenvalue weighted by molar-refractivity contribution is 5.57. The molecule has 3 aromatic rings. The molecular formula is C22H21F7N6O. The van der Waals surface area contributed by atoms with E-state index in [0.717, 1.165) is 18.9 Å². The van der Waals surface area contributed by atoms with Gasteiger partial charge >= 0.3 is 12.4 Å². The first-order valence-corrected chi connectivity index (χ1v) is 11.2. The molecule has 1 saturated heterocycles. The van der Waals surface area contributed by atoms with E-state index in [0.29, 0.717) is 35.1 Å². The van der Waals surface area contributed by atoms with Crippen molar-refractivity contribution in [1.82, 2.24) is 19.6 Å². The Morgan fingerprint density at radius 3 is 2.42 bits per heavy atom. The van der Waals surface area contributed by atoms with Gasteiger partial charge in [-0.1, -0.05) is 0 Å². The van der Waals surface area contributed by atoms with E-state index in [4.69, 9.17) is 4.74 Å². The van der Waals surface area contributed by atoms with E-state index in [1.165, 1.54) is 6.20 Å². The number of piperidine rings is 1. The fourth-order valence-corrected chi connectivity index (χ4v) is 5.06. The Labute approximate surface area is 200 Å². The smallest absolute Gasteiger partial charge is 0.433 e. The van der Waals surface area contributed by atoms with Gasteiger partial charge in [0.25, 0.3) is 0 Å². The van der Waals surface area contributed by atoms with E-state index in [1.807, 2.05) is 4.90 Å². The summed E-state index contributed by atoms with van der Waals surface area (Å²) in [6.45, 7) is 1.10. The van der Waals surface area contributed by atoms with Crippen molar-refractivity contribution in [2.45, 2.75) is 38.2 Å². The third-order valence-electron chi connectivity index (χ3n) is 6.57. The summed E-state index contributed by atoms with van der Waals surface area (Å²) in [7, 11) is 0. The van der Waals surface area contributed by atoms with E-state index in [1.54, 1.807) is 13.0 Å². The number of nitrogens with one attached hydrogen (secondary N) is 1. The van der Waals surface area contributed by atoms with Crippen molar-refractivity contribution in [3.8, 4) is 5.75 Å². The Morgan fingerprint density at radius 1 is 1.08 bits per heavy atom.